The minimum Gasteiger partial charge on any atom is -0.476 e. The minimum absolute atomic E-state index is 0.0192. The molecule has 0 atom stereocenters. The molecule has 0 saturated carbocycles. The summed E-state index contributed by atoms with van der Waals surface area (Å²) in [5.74, 6) is -1.11. The topological polar surface area (TPSA) is 142 Å². The summed E-state index contributed by atoms with van der Waals surface area (Å²) in [6.07, 6.45) is 1.69. The number of carboxylic acid groups (broad SMARTS) is 2. The van der Waals surface area contributed by atoms with Crippen LogP contribution >= 0.6 is 34.8 Å². The van der Waals surface area contributed by atoms with E-state index in [0.717, 1.165) is 33.1 Å². The zero-order chi connectivity index (χ0) is 34.4. The van der Waals surface area contributed by atoms with Crippen molar-refractivity contribution in [1.82, 2.24) is 24.5 Å². The van der Waals surface area contributed by atoms with Gasteiger partial charge in [-0.05, 0) is 66.1 Å². The lowest BCUT2D eigenvalue weighted by atomic mass is 10.1. The van der Waals surface area contributed by atoms with E-state index < -0.39 is 11.9 Å². The predicted octanol–water partition coefficient (Wildman–Crippen LogP) is 8.11. The van der Waals surface area contributed by atoms with Gasteiger partial charge in [0.1, 0.15) is 0 Å². The molecule has 0 unspecified atom stereocenters. The summed E-state index contributed by atoms with van der Waals surface area (Å²) >= 11 is 18.4. The Labute approximate surface area is 292 Å². The molecule has 8 rings (SSSR count). The van der Waals surface area contributed by atoms with Gasteiger partial charge in [0.25, 0.3) is 0 Å². The highest BCUT2D eigenvalue weighted by Gasteiger charge is 2.23. The third kappa shape index (κ3) is 6.31. The first-order chi connectivity index (χ1) is 23.5. The first-order valence-corrected chi connectivity index (χ1v) is 15.9. The number of aromatic carboxylic acids is 2. The number of hydrogen-bond acceptors (Lipinski definition) is 7. The summed E-state index contributed by atoms with van der Waals surface area (Å²) < 4.78 is 13.9. The third-order valence-corrected chi connectivity index (χ3v) is 8.93. The maximum atomic E-state index is 11.6. The molecule has 0 aliphatic carbocycles. The van der Waals surface area contributed by atoms with Crippen LogP contribution in [-0.4, -0.2) is 53.5 Å². The number of aromatic nitrogens is 5. The summed E-state index contributed by atoms with van der Waals surface area (Å²) in [5, 5.41) is 31.1. The van der Waals surface area contributed by atoms with E-state index in [1.54, 1.807) is 52.0 Å². The summed E-state index contributed by atoms with van der Waals surface area (Å²) in [5.41, 5.74) is 4.82. The number of carboxylic acids is 2. The van der Waals surface area contributed by atoms with Gasteiger partial charge in [-0.15, -0.1) is 0 Å². The Hall–Kier alpha value is -5.36. The molecule has 0 radical (unpaired) electrons. The summed E-state index contributed by atoms with van der Waals surface area (Å²) in [6.45, 7) is 2.79. The smallest absolute Gasteiger partial charge is 0.357 e. The molecule has 49 heavy (non-hydrogen) atoms. The van der Waals surface area contributed by atoms with Crippen molar-refractivity contribution in [3.05, 3.63) is 122 Å². The van der Waals surface area contributed by atoms with Crippen molar-refractivity contribution in [3.63, 3.8) is 0 Å². The van der Waals surface area contributed by atoms with Gasteiger partial charge in [-0.25, -0.2) is 9.59 Å². The standard InChI is InChI=1S/C19H14ClN3O2.C16H10Cl2N2O4/c1-11-4-5-13(15(20)7-11)10-23-17-8-12-3-2-6-21-16(12)9-14(17)18(22-23)19(24)25;17-9-2-1-8(11(18)3-9)6-20-12-5-14-13(23-7-24-14)4-10(12)15(19-20)16(21)22/h2-9H,10H2,1H3,(H,24,25);1-5H,6-7H2,(H,21,22). The Morgan fingerprint density at radius 2 is 1.35 bits per heavy atom. The van der Waals surface area contributed by atoms with Crippen LogP contribution < -0.4 is 9.47 Å². The minimum atomic E-state index is -1.11. The van der Waals surface area contributed by atoms with Gasteiger partial charge in [0.15, 0.2) is 22.9 Å². The first-order valence-electron chi connectivity index (χ1n) is 14.8. The molecule has 0 amide bonds. The maximum absolute atomic E-state index is 11.6. The number of aryl methyl sites for hydroxylation is 1. The first kappa shape index (κ1) is 32.2. The Kier molecular flexibility index (Phi) is 8.49. The van der Waals surface area contributed by atoms with Crippen molar-refractivity contribution >= 4 is 79.5 Å². The number of hydrogen-bond donors (Lipinski definition) is 2. The molecule has 7 aromatic rings. The van der Waals surface area contributed by atoms with Crippen LogP contribution in [0.4, 0.5) is 0 Å². The molecular formula is C35H24Cl3N5O6. The summed E-state index contributed by atoms with van der Waals surface area (Å²) in [6, 6.07) is 21.8. The van der Waals surface area contributed by atoms with E-state index in [-0.39, 0.29) is 18.2 Å². The van der Waals surface area contributed by atoms with Gasteiger partial charge in [0, 0.05) is 43.5 Å². The van der Waals surface area contributed by atoms with Crippen LogP contribution in [0.15, 0.2) is 79.0 Å². The maximum Gasteiger partial charge on any atom is 0.357 e. The van der Waals surface area contributed by atoms with Crippen molar-refractivity contribution < 1.29 is 29.3 Å². The quantitative estimate of drug-likeness (QED) is 0.175. The van der Waals surface area contributed by atoms with E-state index in [1.807, 2.05) is 43.3 Å². The fourth-order valence-corrected chi connectivity index (χ4v) is 6.38. The Balaban J connectivity index is 0.000000154. The van der Waals surface area contributed by atoms with E-state index >= 15 is 0 Å². The molecular weight excluding hydrogens is 693 g/mol. The van der Waals surface area contributed by atoms with E-state index in [1.165, 1.54) is 0 Å². The lowest BCUT2D eigenvalue weighted by molar-refractivity contribution is 0.0681. The highest BCUT2D eigenvalue weighted by atomic mass is 35.5. The van der Waals surface area contributed by atoms with Crippen LogP contribution in [-0.2, 0) is 13.1 Å². The lowest BCUT2D eigenvalue weighted by Crippen LogP contribution is -2.05. The average Bonchev–Trinajstić information content (AvgIpc) is 3.77. The second-order valence-corrected chi connectivity index (χ2v) is 12.5. The largest absolute Gasteiger partial charge is 0.476 e. The molecule has 0 bridgehead atoms. The zero-order valence-corrected chi connectivity index (χ0v) is 27.8. The van der Waals surface area contributed by atoms with Gasteiger partial charge >= 0.3 is 11.9 Å². The lowest BCUT2D eigenvalue weighted by Gasteiger charge is -2.07. The zero-order valence-electron chi connectivity index (χ0n) is 25.5. The predicted molar refractivity (Wildman–Crippen MR) is 186 cm³/mol. The highest BCUT2D eigenvalue weighted by Crippen LogP contribution is 2.38. The molecule has 0 fully saturated rings. The van der Waals surface area contributed by atoms with Crippen LogP contribution in [0.2, 0.25) is 15.1 Å². The summed E-state index contributed by atoms with van der Waals surface area (Å²) in [4.78, 5) is 27.4. The fraction of sp³-hybridized carbons (Fsp3) is 0.114. The van der Waals surface area contributed by atoms with E-state index in [9.17, 15) is 19.8 Å². The Bertz CT molecular complexity index is 2460. The number of fused-ring (bicyclic) bond motifs is 4. The van der Waals surface area contributed by atoms with Crippen LogP contribution in [0.3, 0.4) is 0 Å². The number of ether oxygens (including phenoxy) is 2. The van der Waals surface area contributed by atoms with Gasteiger partial charge < -0.3 is 19.7 Å². The van der Waals surface area contributed by atoms with Crippen LogP contribution in [0.1, 0.15) is 37.7 Å². The summed E-state index contributed by atoms with van der Waals surface area (Å²) in [7, 11) is 0. The number of carbonyl (C=O) groups is 2. The number of rotatable bonds is 6. The number of benzene rings is 4. The normalized spacial score (nSPS) is 12.0. The molecule has 1 aliphatic rings. The monoisotopic (exact) mass is 715 g/mol. The van der Waals surface area contributed by atoms with Crippen molar-refractivity contribution in [3.8, 4) is 11.5 Å². The molecule has 2 N–H and O–H groups in total. The molecule has 11 nitrogen and oxygen atoms in total. The van der Waals surface area contributed by atoms with E-state index in [4.69, 9.17) is 44.3 Å². The number of nitrogens with zero attached hydrogens (tertiary/aromatic N) is 5. The van der Waals surface area contributed by atoms with Gasteiger partial charge in [-0.1, -0.05) is 59.1 Å². The molecule has 0 spiro atoms. The Morgan fingerprint density at radius 1 is 0.755 bits per heavy atom. The van der Waals surface area contributed by atoms with Crippen molar-refractivity contribution in [2.45, 2.75) is 20.0 Å². The van der Waals surface area contributed by atoms with Crippen molar-refractivity contribution in [2.75, 3.05) is 6.79 Å². The van der Waals surface area contributed by atoms with Crippen LogP contribution in [0.25, 0.3) is 32.7 Å². The molecule has 4 aromatic carbocycles. The second kappa shape index (κ2) is 12.9. The molecule has 0 saturated heterocycles. The van der Waals surface area contributed by atoms with Gasteiger partial charge in [-0.3, -0.25) is 14.3 Å². The average molecular weight is 717 g/mol. The molecule has 1 aliphatic heterocycles. The molecule has 3 aromatic heterocycles. The van der Waals surface area contributed by atoms with Crippen molar-refractivity contribution in [1.29, 1.82) is 0 Å². The van der Waals surface area contributed by atoms with E-state index in [2.05, 4.69) is 15.2 Å². The highest BCUT2D eigenvalue weighted by molar-refractivity contribution is 6.35. The number of halogens is 3. The van der Waals surface area contributed by atoms with Crippen molar-refractivity contribution in [2.24, 2.45) is 0 Å². The second-order valence-electron chi connectivity index (χ2n) is 11.2. The Morgan fingerprint density at radius 3 is 1.98 bits per heavy atom. The fourth-order valence-electron chi connectivity index (χ4n) is 5.61. The number of pyridine rings is 1. The van der Waals surface area contributed by atoms with E-state index in [0.29, 0.717) is 55.9 Å². The molecule has 4 heterocycles. The molecule has 246 valence electrons. The van der Waals surface area contributed by atoms with Gasteiger partial charge in [-0.2, -0.15) is 10.2 Å². The molecule has 14 heteroatoms. The SMILES string of the molecule is Cc1ccc(Cn2nc(C(=O)O)c3cc4ncccc4cc32)c(Cl)c1.O=C(O)c1nn(Cc2ccc(Cl)cc2Cl)c2cc3c(cc12)OCO3. The van der Waals surface area contributed by atoms with Gasteiger partial charge in [0.2, 0.25) is 6.79 Å². The van der Waals surface area contributed by atoms with Crippen LogP contribution in [0.5, 0.6) is 11.5 Å². The van der Waals surface area contributed by atoms with Crippen LogP contribution in [0, 0.1) is 6.92 Å². The third-order valence-electron chi connectivity index (χ3n) is 7.99. The van der Waals surface area contributed by atoms with Gasteiger partial charge in [0.05, 0.1) is 29.6 Å².